The van der Waals surface area contributed by atoms with Gasteiger partial charge in [0.25, 0.3) is 5.91 Å². The van der Waals surface area contributed by atoms with Crippen LogP contribution in [0, 0.1) is 13.8 Å². The van der Waals surface area contributed by atoms with E-state index in [4.69, 9.17) is 9.47 Å². The SMILES string of the molecule is CCCOc1c(C)cc(NC(=O)C2(OCCC)CCCCCC2)cc1C. The molecule has 1 N–H and O–H groups in total. The molecule has 0 spiro atoms. The zero-order chi connectivity index (χ0) is 19.0. The van der Waals surface area contributed by atoms with Crippen LogP contribution in [0.1, 0.15) is 76.3 Å². The topological polar surface area (TPSA) is 47.6 Å². The minimum atomic E-state index is -0.675. The Bertz CT molecular complexity index is 566. The summed E-state index contributed by atoms with van der Waals surface area (Å²) in [5.41, 5.74) is 2.26. The molecule has 146 valence electrons. The van der Waals surface area contributed by atoms with Crippen molar-refractivity contribution >= 4 is 11.6 Å². The van der Waals surface area contributed by atoms with E-state index in [1.807, 2.05) is 26.0 Å². The third kappa shape index (κ3) is 5.23. The highest BCUT2D eigenvalue weighted by Gasteiger charge is 2.39. The number of aryl methyl sites for hydroxylation is 2. The van der Waals surface area contributed by atoms with Gasteiger partial charge in [-0.05, 0) is 62.8 Å². The van der Waals surface area contributed by atoms with E-state index in [-0.39, 0.29) is 5.91 Å². The molecule has 1 aliphatic rings. The summed E-state index contributed by atoms with van der Waals surface area (Å²) >= 11 is 0. The van der Waals surface area contributed by atoms with Gasteiger partial charge in [0.2, 0.25) is 0 Å². The molecule has 0 atom stereocenters. The lowest BCUT2D eigenvalue weighted by atomic mass is 9.92. The number of benzene rings is 1. The highest BCUT2D eigenvalue weighted by molar-refractivity contribution is 5.97. The second kappa shape index (κ2) is 9.96. The standard InChI is InChI=1S/C22H35NO3/c1-5-13-25-20-17(3)15-19(16-18(20)4)23-21(24)22(26-14-6-2)11-9-7-8-10-12-22/h15-16H,5-14H2,1-4H3,(H,23,24). The van der Waals surface area contributed by atoms with Gasteiger partial charge < -0.3 is 14.8 Å². The number of rotatable bonds is 8. The smallest absolute Gasteiger partial charge is 0.256 e. The molecule has 2 rings (SSSR count). The minimum Gasteiger partial charge on any atom is -0.493 e. The number of carbonyl (C=O) groups is 1. The molecule has 0 aromatic heterocycles. The van der Waals surface area contributed by atoms with E-state index in [1.54, 1.807) is 0 Å². The molecule has 1 saturated carbocycles. The third-order valence-electron chi connectivity index (χ3n) is 5.08. The van der Waals surface area contributed by atoms with Crippen LogP contribution in [0.25, 0.3) is 0 Å². The molecule has 26 heavy (non-hydrogen) atoms. The van der Waals surface area contributed by atoms with Crippen molar-refractivity contribution in [3.8, 4) is 5.75 Å². The van der Waals surface area contributed by atoms with Crippen molar-refractivity contribution in [2.24, 2.45) is 0 Å². The van der Waals surface area contributed by atoms with Crippen molar-refractivity contribution in [1.82, 2.24) is 0 Å². The van der Waals surface area contributed by atoms with Crippen LogP contribution in [0.15, 0.2) is 12.1 Å². The highest BCUT2D eigenvalue weighted by atomic mass is 16.5. The van der Waals surface area contributed by atoms with Crippen molar-refractivity contribution in [3.05, 3.63) is 23.3 Å². The monoisotopic (exact) mass is 361 g/mol. The van der Waals surface area contributed by atoms with E-state index in [0.29, 0.717) is 13.2 Å². The van der Waals surface area contributed by atoms with Crippen LogP contribution in [0.5, 0.6) is 5.75 Å². The van der Waals surface area contributed by atoms with Crippen LogP contribution in [-0.2, 0) is 9.53 Å². The van der Waals surface area contributed by atoms with Gasteiger partial charge >= 0.3 is 0 Å². The number of anilines is 1. The summed E-state index contributed by atoms with van der Waals surface area (Å²) < 4.78 is 12.0. The zero-order valence-electron chi connectivity index (χ0n) is 17.0. The summed E-state index contributed by atoms with van der Waals surface area (Å²) in [7, 11) is 0. The summed E-state index contributed by atoms with van der Waals surface area (Å²) in [6.45, 7) is 9.59. The van der Waals surface area contributed by atoms with Crippen LogP contribution in [0.2, 0.25) is 0 Å². The number of amides is 1. The summed E-state index contributed by atoms with van der Waals surface area (Å²) in [6, 6.07) is 4.00. The largest absolute Gasteiger partial charge is 0.493 e. The average Bonchev–Trinajstić information content (AvgIpc) is 2.86. The summed E-state index contributed by atoms with van der Waals surface area (Å²) in [5.74, 6) is 0.935. The fourth-order valence-corrected chi connectivity index (χ4v) is 3.73. The molecular formula is C22H35NO3. The molecule has 0 heterocycles. The number of carbonyl (C=O) groups excluding carboxylic acids is 1. The van der Waals surface area contributed by atoms with Crippen molar-refractivity contribution in [2.75, 3.05) is 18.5 Å². The quantitative estimate of drug-likeness (QED) is 0.618. The first kappa shape index (κ1) is 20.8. The van der Waals surface area contributed by atoms with Crippen LogP contribution < -0.4 is 10.1 Å². The summed E-state index contributed by atoms with van der Waals surface area (Å²) in [4.78, 5) is 13.2. The Labute approximate surface area is 158 Å². The van der Waals surface area contributed by atoms with E-state index in [2.05, 4.69) is 19.2 Å². The first-order chi connectivity index (χ1) is 12.5. The maximum atomic E-state index is 13.2. The Morgan fingerprint density at radius 1 is 1.00 bits per heavy atom. The highest BCUT2D eigenvalue weighted by Crippen LogP contribution is 2.33. The van der Waals surface area contributed by atoms with Gasteiger partial charge in [-0.2, -0.15) is 0 Å². The molecular weight excluding hydrogens is 326 g/mol. The molecule has 4 heteroatoms. The maximum Gasteiger partial charge on any atom is 0.256 e. The second-order valence-corrected chi connectivity index (χ2v) is 7.50. The zero-order valence-corrected chi connectivity index (χ0v) is 17.0. The number of hydrogen-bond acceptors (Lipinski definition) is 3. The summed E-state index contributed by atoms with van der Waals surface area (Å²) in [5, 5.41) is 3.13. The molecule has 0 aliphatic heterocycles. The van der Waals surface area contributed by atoms with Gasteiger partial charge in [0.05, 0.1) is 6.61 Å². The van der Waals surface area contributed by atoms with E-state index < -0.39 is 5.60 Å². The minimum absolute atomic E-state index is 0.00822. The molecule has 0 unspecified atom stereocenters. The van der Waals surface area contributed by atoms with Gasteiger partial charge in [0.1, 0.15) is 11.4 Å². The molecule has 0 bridgehead atoms. The fraction of sp³-hybridized carbons (Fsp3) is 0.682. The molecule has 1 amide bonds. The maximum absolute atomic E-state index is 13.2. The lowest BCUT2D eigenvalue weighted by Gasteiger charge is -2.31. The van der Waals surface area contributed by atoms with Crippen LogP contribution in [0.3, 0.4) is 0 Å². The first-order valence-electron chi connectivity index (χ1n) is 10.2. The van der Waals surface area contributed by atoms with E-state index >= 15 is 0 Å². The van der Waals surface area contributed by atoms with Crippen molar-refractivity contribution in [3.63, 3.8) is 0 Å². The normalized spacial score (nSPS) is 16.8. The number of nitrogens with one attached hydrogen (secondary N) is 1. The Morgan fingerprint density at radius 3 is 2.12 bits per heavy atom. The summed E-state index contributed by atoms with van der Waals surface area (Å²) in [6.07, 6.45) is 8.02. The van der Waals surface area contributed by atoms with Crippen molar-refractivity contribution < 1.29 is 14.3 Å². The number of ether oxygens (including phenoxy) is 2. The molecule has 0 saturated heterocycles. The average molecular weight is 362 g/mol. The lowest BCUT2D eigenvalue weighted by Crippen LogP contribution is -2.45. The van der Waals surface area contributed by atoms with Gasteiger partial charge in [-0.1, -0.05) is 39.5 Å². The molecule has 1 fully saturated rings. The van der Waals surface area contributed by atoms with Crippen LogP contribution in [-0.4, -0.2) is 24.7 Å². The van der Waals surface area contributed by atoms with Crippen LogP contribution >= 0.6 is 0 Å². The van der Waals surface area contributed by atoms with Crippen molar-refractivity contribution in [1.29, 1.82) is 0 Å². The Kier molecular flexibility index (Phi) is 7.95. The van der Waals surface area contributed by atoms with Crippen LogP contribution in [0.4, 0.5) is 5.69 Å². The fourth-order valence-electron chi connectivity index (χ4n) is 3.73. The third-order valence-corrected chi connectivity index (χ3v) is 5.08. The van der Waals surface area contributed by atoms with E-state index in [1.165, 1.54) is 12.8 Å². The van der Waals surface area contributed by atoms with E-state index in [0.717, 1.165) is 61.1 Å². The number of hydrogen-bond donors (Lipinski definition) is 1. The molecule has 1 aromatic rings. The van der Waals surface area contributed by atoms with Gasteiger partial charge in [0, 0.05) is 12.3 Å². The predicted molar refractivity (Wildman–Crippen MR) is 107 cm³/mol. The Morgan fingerprint density at radius 2 is 1.58 bits per heavy atom. The van der Waals surface area contributed by atoms with E-state index in [9.17, 15) is 4.79 Å². The van der Waals surface area contributed by atoms with Gasteiger partial charge in [-0.25, -0.2) is 0 Å². The van der Waals surface area contributed by atoms with Gasteiger partial charge in [0.15, 0.2) is 0 Å². The Balaban J connectivity index is 2.17. The second-order valence-electron chi connectivity index (χ2n) is 7.50. The lowest BCUT2D eigenvalue weighted by molar-refractivity contribution is -0.143. The predicted octanol–water partition coefficient (Wildman–Crippen LogP) is 5.55. The molecule has 1 aliphatic carbocycles. The Hall–Kier alpha value is -1.55. The van der Waals surface area contributed by atoms with Crippen molar-refractivity contribution in [2.45, 2.75) is 84.7 Å². The molecule has 1 aromatic carbocycles. The molecule has 4 nitrogen and oxygen atoms in total. The molecule has 0 radical (unpaired) electrons. The van der Waals surface area contributed by atoms with Gasteiger partial charge in [-0.15, -0.1) is 0 Å². The van der Waals surface area contributed by atoms with Gasteiger partial charge in [-0.3, -0.25) is 4.79 Å². The first-order valence-corrected chi connectivity index (χ1v) is 10.2.